The quantitative estimate of drug-likeness (QED) is 0.702. The van der Waals surface area contributed by atoms with Gasteiger partial charge in [-0.25, -0.2) is 4.98 Å². The smallest absolute Gasteiger partial charge is 0.164 e. The van der Waals surface area contributed by atoms with E-state index in [1.54, 1.807) is 10.9 Å². The van der Waals surface area contributed by atoms with Gasteiger partial charge in [-0.1, -0.05) is 18.2 Å². The molecule has 0 aliphatic rings. The van der Waals surface area contributed by atoms with Gasteiger partial charge in [-0.05, 0) is 12.1 Å². The normalized spacial score (nSPS) is 10.7. The lowest BCUT2D eigenvalue weighted by molar-refractivity contribution is 0.292. The fourth-order valence-corrected chi connectivity index (χ4v) is 1.79. The number of ether oxygens (including phenoxy) is 1. The van der Waals surface area contributed by atoms with Crippen molar-refractivity contribution in [3.05, 3.63) is 48.7 Å². The van der Waals surface area contributed by atoms with Gasteiger partial charge in [0.2, 0.25) is 0 Å². The number of nitrogens with zero attached hydrogens (tertiary/aromatic N) is 4. The SMILES string of the molecule is Cn1ncnc1COc1cccc2cccnc12. The van der Waals surface area contributed by atoms with Crippen molar-refractivity contribution in [1.29, 1.82) is 0 Å². The Balaban J connectivity index is 1.89. The first kappa shape index (κ1) is 10.7. The van der Waals surface area contributed by atoms with Gasteiger partial charge in [0.15, 0.2) is 5.82 Å². The van der Waals surface area contributed by atoms with Gasteiger partial charge >= 0.3 is 0 Å². The summed E-state index contributed by atoms with van der Waals surface area (Å²) in [5.41, 5.74) is 0.863. The largest absolute Gasteiger partial charge is 0.483 e. The lowest BCUT2D eigenvalue weighted by Gasteiger charge is -2.07. The summed E-state index contributed by atoms with van der Waals surface area (Å²) in [6, 6.07) is 9.80. The molecule has 2 aromatic heterocycles. The number of rotatable bonds is 3. The van der Waals surface area contributed by atoms with E-state index >= 15 is 0 Å². The number of aromatic nitrogens is 4. The first-order valence-corrected chi connectivity index (χ1v) is 5.64. The third kappa shape index (κ3) is 1.90. The molecular formula is C13H12N4O. The molecule has 3 rings (SSSR count). The average molecular weight is 240 g/mol. The fourth-order valence-electron chi connectivity index (χ4n) is 1.79. The third-order valence-electron chi connectivity index (χ3n) is 2.76. The van der Waals surface area contributed by atoms with Gasteiger partial charge < -0.3 is 4.74 Å². The van der Waals surface area contributed by atoms with E-state index in [0.29, 0.717) is 6.61 Å². The Morgan fingerprint density at radius 3 is 2.89 bits per heavy atom. The highest BCUT2D eigenvalue weighted by Crippen LogP contribution is 2.23. The van der Waals surface area contributed by atoms with Crippen molar-refractivity contribution < 1.29 is 4.74 Å². The number of hydrogen-bond donors (Lipinski definition) is 0. The van der Waals surface area contributed by atoms with E-state index in [1.807, 2.05) is 37.4 Å². The minimum atomic E-state index is 0.381. The summed E-state index contributed by atoms with van der Waals surface area (Å²) in [6.45, 7) is 0.381. The zero-order chi connectivity index (χ0) is 12.4. The van der Waals surface area contributed by atoms with Gasteiger partial charge in [0.05, 0.1) is 0 Å². The molecule has 0 aliphatic heterocycles. The zero-order valence-corrected chi connectivity index (χ0v) is 9.95. The van der Waals surface area contributed by atoms with E-state index < -0.39 is 0 Å². The molecule has 0 aliphatic carbocycles. The Hall–Kier alpha value is -2.43. The van der Waals surface area contributed by atoms with Crippen LogP contribution < -0.4 is 4.74 Å². The lowest BCUT2D eigenvalue weighted by Crippen LogP contribution is -2.04. The second-order valence-corrected chi connectivity index (χ2v) is 3.92. The number of benzene rings is 1. The standard InChI is InChI=1S/C13H12N4O/c1-17-12(15-9-16-17)8-18-11-6-2-4-10-5-3-7-14-13(10)11/h2-7,9H,8H2,1H3. The molecule has 0 spiro atoms. The number of aryl methyl sites for hydroxylation is 1. The van der Waals surface area contributed by atoms with E-state index in [4.69, 9.17) is 4.74 Å². The Bertz CT molecular complexity index is 672. The van der Waals surface area contributed by atoms with Crippen LogP contribution in [0, 0.1) is 0 Å². The minimum absolute atomic E-state index is 0.381. The van der Waals surface area contributed by atoms with E-state index in [2.05, 4.69) is 15.1 Å². The highest BCUT2D eigenvalue weighted by atomic mass is 16.5. The lowest BCUT2D eigenvalue weighted by atomic mass is 10.2. The Morgan fingerprint density at radius 2 is 2.06 bits per heavy atom. The first-order valence-electron chi connectivity index (χ1n) is 5.64. The Kier molecular flexibility index (Phi) is 2.64. The second-order valence-electron chi connectivity index (χ2n) is 3.92. The van der Waals surface area contributed by atoms with E-state index in [-0.39, 0.29) is 0 Å². The number of pyridine rings is 1. The van der Waals surface area contributed by atoms with E-state index in [9.17, 15) is 0 Å². The van der Waals surface area contributed by atoms with E-state index in [1.165, 1.54) is 6.33 Å². The van der Waals surface area contributed by atoms with Crippen molar-refractivity contribution in [1.82, 2.24) is 19.7 Å². The Morgan fingerprint density at radius 1 is 1.17 bits per heavy atom. The molecule has 0 amide bonds. The maximum absolute atomic E-state index is 5.76. The van der Waals surface area contributed by atoms with Crippen LogP contribution in [0.25, 0.3) is 10.9 Å². The van der Waals surface area contributed by atoms with Crippen LogP contribution in [-0.4, -0.2) is 19.7 Å². The van der Waals surface area contributed by atoms with Crippen molar-refractivity contribution in [2.75, 3.05) is 0 Å². The van der Waals surface area contributed by atoms with Gasteiger partial charge in [-0.3, -0.25) is 9.67 Å². The summed E-state index contributed by atoms with van der Waals surface area (Å²) in [4.78, 5) is 8.45. The maximum Gasteiger partial charge on any atom is 0.164 e. The van der Waals surface area contributed by atoms with Crippen LogP contribution in [-0.2, 0) is 13.7 Å². The molecule has 0 bridgehead atoms. The molecule has 0 saturated carbocycles. The topological polar surface area (TPSA) is 52.8 Å². The summed E-state index contributed by atoms with van der Waals surface area (Å²) in [6.07, 6.45) is 3.28. The number of para-hydroxylation sites is 1. The molecule has 18 heavy (non-hydrogen) atoms. The van der Waals surface area contributed by atoms with Crippen LogP contribution in [0.2, 0.25) is 0 Å². The predicted octanol–water partition coefficient (Wildman–Crippen LogP) is 1.94. The Labute approximate surface area is 104 Å². The molecular weight excluding hydrogens is 228 g/mol. The van der Waals surface area contributed by atoms with Gasteiger partial charge in [-0.15, -0.1) is 0 Å². The predicted molar refractivity (Wildman–Crippen MR) is 67.1 cm³/mol. The second kappa shape index (κ2) is 4.44. The van der Waals surface area contributed by atoms with Crippen LogP contribution in [0.15, 0.2) is 42.9 Å². The summed E-state index contributed by atoms with van der Waals surface area (Å²) >= 11 is 0. The molecule has 0 saturated heterocycles. The third-order valence-corrected chi connectivity index (χ3v) is 2.76. The van der Waals surface area contributed by atoms with Gasteiger partial charge in [-0.2, -0.15) is 5.10 Å². The monoisotopic (exact) mass is 240 g/mol. The number of hydrogen-bond acceptors (Lipinski definition) is 4. The van der Waals surface area contributed by atoms with Crippen LogP contribution in [0.3, 0.4) is 0 Å². The maximum atomic E-state index is 5.76. The van der Waals surface area contributed by atoms with Gasteiger partial charge in [0.1, 0.15) is 24.2 Å². The summed E-state index contributed by atoms with van der Waals surface area (Å²) in [5, 5.41) is 5.06. The highest BCUT2D eigenvalue weighted by molar-refractivity contribution is 5.84. The van der Waals surface area contributed by atoms with Crippen LogP contribution in [0.4, 0.5) is 0 Å². The minimum Gasteiger partial charge on any atom is -0.483 e. The molecule has 3 aromatic rings. The number of fused-ring (bicyclic) bond motifs is 1. The molecule has 0 unspecified atom stereocenters. The van der Waals surface area contributed by atoms with Crippen LogP contribution in [0.5, 0.6) is 5.75 Å². The van der Waals surface area contributed by atoms with Crippen molar-refractivity contribution in [3.63, 3.8) is 0 Å². The molecule has 0 atom stereocenters. The molecule has 5 heteroatoms. The van der Waals surface area contributed by atoms with Crippen molar-refractivity contribution >= 4 is 10.9 Å². The van der Waals surface area contributed by atoms with Crippen molar-refractivity contribution in [3.8, 4) is 5.75 Å². The molecule has 5 nitrogen and oxygen atoms in total. The van der Waals surface area contributed by atoms with Crippen molar-refractivity contribution in [2.45, 2.75) is 6.61 Å². The highest BCUT2D eigenvalue weighted by Gasteiger charge is 2.05. The molecule has 2 heterocycles. The van der Waals surface area contributed by atoms with Crippen LogP contribution in [0.1, 0.15) is 5.82 Å². The molecule has 0 fully saturated rings. The molecule has 1 aromatic carbocycles. The molecule has 0 radical (unpaired) electrons. The van der Waals surface area contributed by atoms with E-state index in [0.717, 1.165) is 22.5 Å². The van der Waals surface area contributed by atoms with Gasteiger partial charge in [0, 0.05) is 18.6 Å². The summed E-state index contributed by atoms with van der Waals surface area (Å²) < 4.78 is 7.45. The molecule has 90 valence electrons. The molecule has 0 N–H and O–H groups in total. The van der Waals surface area contributed by atoms with Crippen molar-refractivity contribution in [2.24, 2.45) is 7.05 Å². The zero-order valence-electron chi connectivity index (χ0n) is 9.95. The fraction of sp³-hybridized carbons (Fsp3) is 0.154. The average Bonchev–Trinajstić information content (AvgIpc) is 2.82. The first-order chi connectivity index (χ1) is 8.84. The van der Waals surface area contributed by atoms with Crippen LogP contribution >= 0.6 is 0 Å². The summed E-state index contributed by atoms with van der Waals surface area (Å²) in [5.74, 6) is 1.54. The summed E-state index contributed by atoms with van der Waals surface area (Å²) in [7, 11) is 1.84. The van der Waals surface area contributed by atoms with Gasteiger partial charge in [0.25, 0.3) is 0 Å².